The normalized spacial score (nSPS) is 18.9. The first-order chi connectivity index (χ1) is 11.6. The molecule has 1 atom stereocenters. The Hall–Kier alpha value is -2.37. The van der Waals surface area contributed by atoms with E-state index in [9.17, 15) is 4.79 Å². The van der Waals surface area contributed by atoms with E-state index in [4.69, 9.17) is 0 Å². The van der Waals surface area contributed by atoms with Gasteiger partial charge in [0, 0.05) is 30.9 Å². The number of fused-ring (bicyclic) bond motifs is 1. The third-order valence-corrected chi connectivity index (χ3v) is 4.56. The molecule has 1 unspecified atom stereocenters. The molecule has 0 spiro atoms. The first-order valence-corrected chi connectivity index (χ1v) is 8.61. The molecule has 1 aliphatic heterocycles. The first-order valence-electron chi connectivity index (χ1n) is 8.61. The quantitative estimate of drug-likeness (QED) is 0.847. The third kappa shape index (κ3) is 3.27. The molecular weight excluding hydrogens is 302 g/mol. The maximum atomic E-state index is 12.5. The van der Waals surface area contributed by atoms with E-state index < -0.39 is 0 Å². The van der Waals surface area contributed by atoms with Gasteiger partial charge in [-0.15, -0.1) is 0 Å². The van der Waals surface area contributed by atoms with Gasteiger partial charge >= 0.3 is 0 Å². The number of hydrogen-bond donors (Lipinski definition) is 2. The molecule has 2 N–H and O–H groups in total. The second-order valence-corrected chi connectivity index (χ2v) is 6.45. The summed E-state index contributed by atoms with van der Waals surface area (Å²) < 4.78 is 0. The lowest BCUT2D eigenvalue weighted by Gasteiger charge is -2.33. The highest BCUT2D eigenvalue weighted by Gasteiger charge is 2.25. The highest BCUT2D eigenvalue weighted by Crippen LogP contribution is 2.24. The van der Waals surface area contributed by atoms with E-state index in [-0.39, 0.29) is 11.9 Å². The van der Waals surface area contributed by atoms with E-state index in [1.165, 1.54) is 0 Å². The summed E-state index contributed by atoms with van der Waals surface area (Å²) in [5.74, 6) is 0.993. The lowest BCUT2D eigenvalue weighted by atomic mass is 10.0. The minimum Gasteiger partial charge on any atom is -0.365 e. The maximum Gasteiger partial charge on any atom is 0.249 e. The molecule has 3 rings (SSSR count). The topological polar surface area (TPSA) is 73.9 Å². The van der Waals surface area contributed by atoms with Gasteiger partial charge in [0.15, 0.2) is 0 Å². The third-order valence-electron chi connectivity index (χ3n) is 4.56. The number of allylic oxidation sites excluding steroid dienone is 1. The number of anilines is 1. The van der Waals surface area contributed by atoms with Gasteiger partial charge in [0.25, 0.3) is 0 Å². The number of likely N-dealkylation sites (tertiary alicyclic amines) is 1. The summed E-state index contributed by atoms with van der Waals surface area (Å²) in [5.41, 5.74) is 2.80. The summed E-state index contributed by atoms with van der Waals surface area (Å²) in [4.78, 5) is 26.3. The second-order valence-electron chi connectivity index (χ2n) is 6.45. The second kappa shape index (κ2) is 7.03. The van der Waals surface area contributed by atoms with E-state index >= 15 is 0 Å². The fourth-order valence-corrected chi connectivity index (χ4v) is 3.34. The monoisotopic (exact) mass is 327 g/mol. The fraction of sp³-hybridized carbons (Fsp3) is 0.500. The van der Waals surface area contributed by atoms with Crippen LogP contribution in [0.15, 0.2) is 24.2 Å². The van der Waals surface area contributed by atoms with Crippen LogP contribution >= 0.6 is 0 Å². The Morgan fingerprint density at radius 1 is 1.50 bits per heavy atom. The van der Waals surface area contributed by atoms with Crippen LogP contribution in [0.2, 0.25) is 0 Å². The summed E-state index contributed by atoms with van der Waals surface area (Å²) in [6, 6.07) is 0.213. The largest absolute Gasteiger partial charge is 0.365 e. The maximum absolute atomic E-state index is 12.5. The molecule has 1 fully saturated rings. The van der Waals surface area contributed by atoms with Crippen LogP contribution < -0.4 is 5.32 Å². The van der Waals surface area contributed by atoms with Gasteiger partial charge < -0.3 is 15.2 Å². The number of H-pyrrole nitrogens is 1. The van der Waals surface area contributed by atoms with E-state index in [2.05, 4.69) is 27.2 Å². The molecule has 24 heavy (non-hydrogen) atoms. The molecule has 2 aromatic heterocycles. The van der Waals surface area contributed by atoms with Crippen LogP contribution in [-0.2, 0) is 4.79 Å². The fourth-order valence-electron chi connectivity index (χ4n) is 3.34. The van der Waals surface area contributed by atoms with E-state index in [1.54, 1.807) is 6.33 Å². The smallest absolute Gasteiger partial charge is 0.249 e. The van der Waals surface area contributed by atoms with Crippen molar-refractivity contribution in [2.24, 2.45) is 0 Å². The average Bonchev–Trinajstić information content (AvgIpc) is 2.97. The Balaban J connectivity index is 1.74. The van der Waals surface area contributed by atoms with Gasteiger partial charge in [-0.1, -0.05) is 13.0 Å². The molecule has 2 aromatic rings. The van der Waals surface area contributed by atoms with Crippen molar-refractivity contribution in [2.75, 3.05) is 18.4 Å². The summed E-state index contributed by atoms with van der Waals surface area (Å²) in [6.45, 7) is 7.54. The first kappa shape index (κ1) is 16.5. The van der Waals surface area contributed by atoms with Gasteiger partial charge in [0.05, 0.1) is 5.39 Å². The van der Waals surface area contributed by atoms with Crippen LogP contribution in [0.4, 0.5) is 5.82 Å². The molecule has 0 saturated carbocycles. The molecule has 3 heterocycles. The van der Waals surface area contributed by atoms with Crippen molar-refractivity contribution in [1.29, 1.82) is 0 Å². The molecular formula is C18H25N5O. The number of nitrogens with one attached hydrogen (secondary N) is 2. The average molecular weight is 327 g/mol. The molecule has 6 nitrogen and oxygen atoms in total. The minimum atomic E-state index is 0.147. The number of nitrogens with zero attached hydrogens (tertiary/aromatic N) is 3. The minimum absolute atomic E-state index is 0.147. The Bertz CT molecular complexity index is 764. The van der Waals surface area contributed by atoms with Crippen LogP contribution in [-0.4, -0.2) is 44.9 Å². The lowest BCUT2D eigenvalue weighted by Crippen LogP contribution is -2.45. The van der Waals surface area contributed by atoms with Crippen molar-refractivity contribution >= 4 is 22.8 Å². The zero-order chi connectivity index (χ0) is 17.1. The summed E-state index contributed by atoms with van der Waals surface area (Å²) in [6.07, 6.45) is 8.44. The molecule has 0 aliphatic carbocycles. The summed E-state index contributed by atoms with van der Waals surface area (Å²) in [7, 11) is 0. The number of rotatable bonds is 4. The number of carbonyl (C=O) groups is 1. The number of aromatic amines is 1. The highest BCUT2D eigenvalue weighted by molar-refractivity contribution is 5.93. The van der Waals surface area contributed by atoms with Crippen LogP contribution in [0.3, 0.4) is 0 Å². The number of piperidine rings is 1. The number of hydrogen-bond acceptors (Lipinski definition) is 4. The van der Waals surface area contributed by atoms with Crippen molar-refractivity contribution in [3.8, 4) is 0 Å². The van der Waals surface area contributed by atoms with Crippen LogP contribution in [0.5, 0.6) is 0 Å². The van der Waals surface area contributed by atoms with Gasteiger partial charge in [0.1, 0.15) is 17.8 Å². The Morgan fingerprint density at radius 3 is 3.12 bits per heavy atom. The highest BCUT2D eigenvalue weighted by atomic mass is 16.2. The standard InChI is InChI=1S/C18H25N5O/c1-4-6-12(2)18(24)23-8-5-7-14(10-23)22-17-15-13(3)9-19-16(15)20-11-21-17/h6,9,11,14H,4-5,7-8,10H2,1-3H3,(H2,19,20,21,22)/b12-6+. The molecule has 1 aliphatic rings. The molecule has 1 saturated heterocycles. The number of aryl methyl sites for hydroxylation is 1. The van der Waals surface area contributed by atoms with Gasteiger partial charge in [-0.05, 0) is 38.7 Å². The van der Waals surface area contributed by atoms with Crippen molar-refractivity contribution in [1.82, 2.24) is 19.9 Å². The predicted octanol–water partition coefficient (Wildman–Crippen LogP) is 3.03. The lowest BCUT2D eigenvalue weighted by molar-refractivity contribution is -0.128. The van der Waals surface area contributed by atoms with Gasteiger partial charge in [-0.2, -0.15) is 0 Å². The zero-order valence-corrected chi connectivity index (χ0v) is 14.6. The van der Waals surface area contributed by atoms with Gasteiger partial charge in [0.2, 0.25) is 5.91 Å². The van der Waals surface area contributed by atoms with Crippen LogP contribution in [0.25, 0.3) is 11.0 Å². The molecule has 0 aromatic carbocycles. The summed E-state index contributed by atoms with van der Waals surface area (Å²) >= 11 is 0. The molecule has 0 radical (unpaired) electrons. The Labute approximate surface area is 142 Å². The predicted molar refractivity (Wildman–Crippen MR) is 95.9 cm³/mol. The Morgan fingerprint density at radius 2 is 2.33 bits per heavy atom. The van der Waals surface area contributed by atoms with Crippen molar-refractivity contribution in [3.63, 3.8) is 0 Å². The van der Waals surface area contributed by atoms with Gasteiger partial charge in [-0.3, -0.25) is 4.79 Å². The zero-order valence-electron chi connectivity index (χ0n) is 14.6. The Kier molecular flexibility index (Phi) is 4.83. The number of aromatic nitrogens is 3. The van der Waals surface area contributed by atoms with Crippen LogP contribution in [0.1, 0.15) is 38.7 Å². The molecule has 1 amide bonds. The van der Waals surface area contributed by atoms with Crippen molar-refractivity contribution in [2.45, 2.75) is 46.1 Å². The van der Waals surface area contributed by atoms with Crippen LogP contribution in [0, 0.1) is 6.92 Å². The molecule has 0 bridgehead atoms. The molecule has 128 valence electrons. The van der Waals surface area contributed by atoms with Crippen molar-refractivity contribution in [3.05, 3.63) is 29.7 Å². The number of carbonyl (C=O) groups excluding carboxylic acids is 1. The number of amides is 1. The van der Waals surface area contributed by atoms with E-state index in [0.29, 0.717) is 6.54 Å². The van der Waals surface area contributed by atoms with E-state index in [1.807, 2.05) is 31.0 Å². The molecule has 6 heteroatoms. The summed E-state index contributed by atoms with van der Waals surface area (Å²) in [5, 5.41) is 4.55. The SMILES string of the molecule is CC/C=C(\C)C(=O)N1CCCC(Nc2ncnc3[nH]cc(C)c23)C1. The van der Waals surface area contributed by atoms with Crippen molar-refractivity contribution < 1.29 is 4.79 Å². The van der Waals surface area contributed by atoms with Gasteiger partial charge in [-0.25, -0.2) is 9.97 Å². The van der Waals surface area contributed by atoms with E-state index in [0.717, 1.165) is 53.8 Å².